The first-order chi connectivity index (χ1) is 11.5. The summed E-state index contributed by atoms with van der Waals surface area (Å²) >= 11 is 1.53. The molecule has 0 aliphatic carbocycles. The predicted octanol–water partition coefficient (Wildman–Crippen LogP) is 3.69. The summed E-state index contributed by atoms with van der Waals surface area (Å²) < 4.78 is 5.19. The lowest BCUT2D eigenvalue weighted by atomic mass is 10.1. The van der Waals surface area contributed by atoms with Gasteiger partial charge in [-0.05, 0) is 38.5 Å². The molecule has 0 spiro atoms. The van der Waals surface area contributed by atoms with Crippen LogP contribution < -0.4 is 10.6 Å². The third-order valence-corrected chi connectivity index (χ3v) is 4.59. The fourth-order valence-electron chi connectivity index (χ4n) is 2.18. The standard InChI is InChI=1S/C16H17N5O2S/c1-9-4-5-12(14-21-17-8-23-14)6-13(9)20-16(22)19-11(3)15-18-10(2)7-24-15/h4-8,11H,1-3H3,(H2,19,20,22). The monoisotopic (exact) mass is 343 g/mol. The topological polar surface area (TPSA) is 92.9 Å². The summed E-state index contributed by atoms with van der Waals surface area (Å²) in [7, 11) is 0. The maximum absolute atomic E-state index is 12.3. The molecule has 0 saturated heterocycles. The Bertz CT molecular complexity index is 844. The number of urea groups is 1. The highest BCUT2D eigenvalue weighted by molar-refractivity contribution is 7.09. The van der Waals surface area contributed by atoms with Crippen LogP contribution in [0.4, 0.5) is 10.5 Å². The van der Waals surface area contributed by atoms with Crippen molar-refractivity contribution >= 4 is 23.1 Å². The Morgan fingerprint density at radius 3 is 2.83 bits per heavy atom. The highest BCUT2D eigenvalue weighted by Crippen LogP contribution is 2.24. The number of hydrogen-bond donors (Lipinski definition) is 2. The van der Waals surface area contributed by atoms with E-state index in [2.05, 4.69) is 25.8 Å². The molecule has 0 fully saturated rings. The fraction of sp³-hybridized carbons (Fsp3) is 0.250. The van der Waals surface area contributed by atoms with Crippen molar-refractivity contribution in [1.82, 2.24) is 20.5 Å². The van der Waals surface area contributed by atoms with Crippen LogP contribution in [0.1, 0.15) is 29.2 Å². The number of hydrogen-bond acceptors (Lipinski definition) is 6. The van der Waals surface area contributed by atoms with Gasteiger partial charge in [-0.3, -0.25) is 0 Å². The molecule has 2 aromatic heterocycles. The normalized spacial score (nSPS) is 12.0. The molecule has 0 aliphatic heterocycles. The largest absolute Gasteiger partial charge is 0.423 e. The molecule has 0 saturated carbocycles. The van der Waals surface area contributed by atoms with Crippen LogP contribution in [0.15, 0.2) is 34.4 Å². The second kappa shape index (κ2) is 6.79. The minimum atomic E-state index is -0.291. The average Bonchev–Trinajstić information content (AvgIpc) is 3.21. The van der Waals surface area contributed by atoms with E-state index in [1.807, 2.05) is 38.3 Å². The molecule has 7 nitrogen and oxygen atoms in total. The Balaban J connectivity index is 1.71. The van der Waals surface area contributed by atoms with Gasteiger partial charge in [-0.2, -0.15) is 0 Å². The van der Waals surface area contributed by atoms with Gasteiger partial charge in [0.15, 0.2) is 0 Å². The number of aryl methyl sites for hydroxylation is 2. The molecule has 1 aromatic carbocycles. The lowest BCUT2D eigenvalue weighted by molar-refractivity contribution is 0.249. The number of amides is 2. The van der Waals surface area contributed by atoms with Crippen LogP contribution >= 0.6 is 11.3 Å². The van der Waals surface area contributed by atoms with Gasteiger partial charge in [0.05, 0.1) is 6.04 Å². The molecule has 2 amide bonds. The molecule has 3 rings (SSSR count). The van der Waals surface area contributed by atoms with E-state index in [4.69, 9.17) is 4.42 Å². The molecule has 0 bridgehead atoms. The van der Waals surface area contributed by atoms with Crippen molar-refractivity contribution in [3.8, 4) is 11.5 Å². The fourth-order valence-corrected chi connectivity index (χ4v) is 2.98. The molecule has 0 aliphatic rings. The Labute approximate surface area is 143 Å². The highest BCUT2D eigenvalue weighted by Gasteiger charge is 2.14. The van der Waals surface area contributed by atoms with Gasteiger partial charge in [-0.25, -0.2) is 9.78 Å². The van der Waals surface area contributed by atoms with Crippen molar-refractivity contribution in [2.24, 2.45) is 0 Å². The van der Waals surface area contributed by atoms with Gasteiger partial charge in [0.25, 0.3) is 0 Å². The van der Waals surface area contributed by atoms with Crippen LogP contribution in [0.2, 0.25) is 0 Å². The SMILES string of the molecule is Cc1csc(C(C)NC(=O)Nc2cc(-c3nnco3)ccc2C)n1. The molecule has 1 atom stereocenters. The van der Waals surface area contributed by atoms with E-state index in [1.165, 1.54) is 17.7 Å². The zero-order chi connectivity index (χ0) is 17.1. The van der Waals surface area contributed by atoms with Gasteiger partial charge < -0.3 is 15.1 Å². The van der Waals surface area contributed by atoms with Gasteiger partial charge in [-0.15, -0.1) is 21.5 Å². The average molecular weight is 343 g/mol. The first-order valence-electron chi connectivity index (χ1n) is 7.39. The zero-order valence-electron chi connectivity index (χ0n) is 13.5. The molecule has 124 valence electrons. The summed E-state index contributed by atoms with van der Waals surface area (Å²) in [6.07, 6.45) is 1.27. The predicted molar refractivity (Wildman–Crippen MR) is 91.9 cm³/mol. The number of carbonyl (C=O) groups is 1. The molecule has 8 heteroatoms. The van der Waals surface area contributed by atoms with Crippen molar-refractivity contribution in [1.29, 1.82) is 0 Å². The van der Waals surface area contributed by atoms with E-state index in [0.29, 0.717) is 11.6 Å². The number of carbonyl (C=O) groups excluding carboxylic acids is 1. The maximum atomic E-state index is 12.3. The number of nitrogens with zero attached hydrogens (tertiary/aromatic N) is 3. The summed E-state index contributed by atoms with van der Waals surface area (Å²) in [6, 6.07) is 5.11. The smallest absolute Gasteiger partial charge is 0.319 e. The molecule has 2 heterocycles. The second-order valence-corrected chi connectivity index (χ2v) is 6.31. The Hall–Kier alpha value is -2.74. The quantitative estimate of drug-likeness (QED) is 0.753. The lowest BCUT2D eigenvalue weighted by Gasteiger charge is -2.14. The van der Waals surface area contributed by atoms with E-state index >= 15 is 0 Å². The molecule has 3 aromatic rings. The van der Waals surface area contributed by atoms with Crippen molar-refractivity contribution in [2.45, 2.75) is 26.8 Å². The number of rotatable bonds is 4. The van der Waals surface area contributed by atoms with E-state index in [9.17, 15) is 4.79 Å². The summed E-state index contributed by atoms with van der Waals surface area (Å²) in [5.41, 5.74) is 3.32. The minimum Gasteiger partial charge on any atom is -0.423 e. The van der Waals surface area contributed by atoms with Gasteiger partial charge >= 0.3 is 6.03 Å². The van der Waals surface area contributed by atoms with Crippen LogP contribution in [0.5, 0.6) is 0 Å². The summed E-state index contributed by atoms with van der Waals surface area (Å²) in [4.78, 5) is 16.6. The third kappa shape index (κ3) is 3.60. The number of aromatic nitrogens is 3. The van der Waals surface area contributed by atoms with Gasteiger partial charge in [0.1, 0.15) is 5.01 Å². The summed E-state index contributed by atoms with van der Waals surface area (Å²) in [6.45, 7) is 5.75. The van der Waals surface area contributed by atoms with E-state index in [-0.39, 0.29) is 12.1 Å². The van der Waals surface area contributed by atoms with Crippen molar-refractivity contribution in [2.75, 3.05) is 5.32 Å². The number of benzene rings is 1. The van der Waals surface area contributed by atoms with E-state index in [0.717, 1.165) is 21.8 Å². The molecule has 2 N–H and O–H groups in total. The van der Waals surface area contributed by atoms with Gasteiger partial charge in [0.2, 0.25) is 12.3 Å². The molecular formula is C16H17N5O2S. The van der Waals surface area contributed by atoms with Gasteiger partial charge in [0, 0.05) is 22.3 Å². The Morgan fingerprint density at radius 1 is 1.33 bits per heavy atom. The van der Waals surface area contributed by atoms with Crippen LogP contribution in [-0.2, 0) is 0 Å². The lowest BCUT2D eigenvalue weighted by Crippen LogP contribution is -2.31. The summed E-state index contributed by atoms with van der Waals surface area (Å²) in [5, 5.41) is 16.1. The number of thiazole rings is 1. The van der Waals surface area contributed by atoms with Crippen LogP contribution in [0.25, 0.3) is 11.5 Å². The van der Waals surface area contributed by atoms with Crippen LogP contribution in [-0.4, -0.2) is 21.2 Å². The minimum absolute atomic E-state index is 0.164. The van der Waals surface area contributed by atoms with Crippen molar-refractivity contribution in [3.63, 3.8) is 0 Å². The Kier molecular flexibility index (Phi) is 4.57. The highest BCUT2D eigenvalue weighted by atomic mass is 32.1. The Morgan fingerprint density at radius 2 is 2.17 bits per heavy atom. The third-order valence-electron chi connectivity index (χ3n) is 3.45. The summed E-state index contributed by atoms with van der Waals surface area (Å²) in [5.74, 6) is 0.407. The first-order valence-corrected chi connectivity index (χ1v) is 8.27. The van der Waals surface area contributed by atoms with Crippen molar-refractivity contribution < 1.29 is 9.21 Å². The maximum Gasteiger partial charge on any atom is 0.319 e. The van der Waals surface area contributed by atoms with Crippen molar-refractivity contribution in [3.05, 3.63) is 46.2 Å². The van der Waals surface area contributed by atoms with E-state index in [1.54, 1.807) is 6.07 Å². The van der Waals surface area contributed by atoms with Gasteiger partial charge in [-0.1, -0.05) is 6.07 Å². The molecular weight excluding hydrogens is 326 g/mol. The molecule has 0 radical (unpaired) electrons. The van der Waals surface area contributed by atoms with Crippen LogP contribution in [0, 0.1) is 13.8 Å². The first kappa shape index (κ1) is 16.1. The zero-order valence-corrected chi connectivity index (χ0v) is 14.3. The van der Waals surface area contributed by atoms with Crippen LogP contribution in [0.3, 0.4) is 0 Å². The number of anilines is 1. The molecule has 1 unspecified atom stereocenters. The second-order valence-electron chi connectivity index (χ2n) is 5.42. The van der Waals surface area contributed by atoms with E-state index < -0.39 is 0 Å². The number of nitrogens with one attached hydrogen (secondary N) is 2. The molecule has 24 heavy (non-hydrogen) atoms.